The maximum atomic E-state index is 7.56. The minimum atomic E-state index is -0.0600. The molecule has 3 N–H and O–H groups in total. The summed E-state index contributed by atoms with van der Waals surface area (Å²) in [6, 6.07) is 9.30. The number of nitrogens with two attached hydrogens (primary N) is 1. The highest BCUT2D eigenvalue weighted by atomic mass is 79.9. The van der Waals surface area contributed by atoms with Crippen molar-refractivity contribution in [2.24, 2.45) is 5.73 Å². The highest BCUT2D eigenvalue weighted by Crippen LogP contribution is 2.29. The van der Waals surface area contributed by atoms with Gasteiger partial charge in [-0.1, -0.05) is 22.0 Å². The van der Waals surface area contributed by atoms with Crippen molar-refractivity contribution < 1.29 is 4.74 Å². The molecule has 0 amide bonds. The molecular weight excluding hydrogens is 306 g/mol. The van der Waals surface area contributed by atoms with Crippen molar-refractivity contribution >= 4 is 21.8 Å². The smallest absolute Gasteiger partial charge is 0.230 e. The van der Waals surface area contributed by atoms with E-state index in [1.807, 2.05) is 32.0 Å². The first-order chi connectivity index (χ1) is 8.97. The Morgan fingerprint density at radius 2 is 2.00 bits per heavy atom. The Morgan fingerprint density at radius 1 is 1.26 bits per heavy atom. The van der Waals surface area contributed by atoms with Crippen LogP contribution in [0.4, 0.5) is 0 Å². The topological polar surface area (TPSA) is 72.0 Å². The summed E-state index contributed by atoms with van der Waals surface area (Å²) in [4.78, 5) is 4.30. The maximum Gasteiger partial charge on any atom is 0.230 e. The number of aromatic nitrogens is 1. The van der Waals surface area contributed by atoms with Gasteiger partial charge in [0.1, 0.15) is 11.6 Å². The van der Waals surface area contributed by atoms with Crippen LogP contribution in [-0.2, 0) is 0 Å². The van der Waals surface area contributed by atoms with E-state index >= 15 is 0 Å². The van der Waals surface area contributed by atoms with Crippen LogP contribution in [-0.4, -0.2) is 10.8 Å². The van der Waals surface area contributed by atoms with E-state index in [4.69, 9.17) is 15.9 Å². The molecule has 1 aromatic heterocycles. The van der Waals surface area contributed by atoms with Gasteiger partial charge in [0.25, 0.3) is 0 Å². The summed E-state index contributed by atoms with van der Waals surface area (Å²) < 4.78 is 6.72. The highest BCUT2D eigenvalue weighted by molar-refractivity contribution is 9.10. The first-order valence-corrected chi connectivity index (χ1v) is 6.52. The van der Waals surface area contributed by atoms with E-state index in [-0.39, 0.29) is 5.84 Å². The van der Waals surface area contributed by atoms with Crippen molar-refractivity contribution in [2.45, 2.75) is 13.8 Å². The van der Waals surface area contributed by atoms with E-state index in [0.717, 1.165) is 15.7 Å². The van der Waals surface area contributed by atoms with E-state index in [9.17, 15) is 0 Å². The van der Waals surface area contributed by atoms with Crippen LogP contribution in [0.5, 0.6) is 11.6 Å². The third-order valence-corrected chi connectivity index (χ3v) is 3.14. The molecule has 98 valence electrons. The molecule has 0 aliphatic rings. The standard InChI is InChI=1S/C14H14BrN3O/c1-8-3-5-10(15)7-12(8)19-14-11(13(16)17)6-4-9(2)18-14/h3-7H,1-2H3,(H3,16,17). The molecule has 0 atom stereocenters. The number of benzene rings is 1. The lowest BCUT2D eigenvalue weighted by atomic mass is 10.2. The molecule has 4 nitrogen and oxygen atoms in total. The lowest BCUT2D eigenvalue weighted by molar-refractivity contribution is 0.457. The third kappa shape index (κ3) is 3.12. The lowest BCUT2D eigenvalue weighted by Crippen LogP contribution is -2.13. The molecule has 0 fully saturated rings. The summed E-state index contributed by atoms with van der Waals surface area (Å²) in [5, 5.41) is 7.56. The number of rotatable bonds is 3. The number of pyridine rings is 1. The fraction of sp³-hybridized carbons (Fsp3) is 0.143. The van der Waals surface area contributed by atoms with Crippen LogP contribution >= 0.6 is 15.9 Å². The molecule has 0 unspecified atom stereocenters. The number of ether oxygens (including phenoxy) is 1. The summed E-state index contributed by atoms with van der Waals surface area (Å²) in [7, 11) is 0. The number of aryl methyl sites for hydroxylation is 2. The normalized spacial score (nSPS) is 10.3. The molecule has 0 aliphatic carbocycles. The monoisotopic (exact) mass is 319 g/mol. The average molecular weight is 320 g/mol. The average Bonchev–Trinajstić information content (AvgIpc) is 2.33. The Kier molecular flexibility index (Phi) is 3.85. The summed E-state index contributed by atoms with van der Waals surface area (Å²) in [5.41, 5.74) is 7.83. The number of amidine groups is 1. The molecule has 0 spiro atoms. The van der Waals surface area contributed by atoms with Crippen LogP contribution in [0, 0.1) is 19.3 Å². The number of nitrogens with one attached hydrogen (secondary N) is 1. The Labute approximate surface area is 120 Å². The van der Waals surface area contributed by atoms with Gasteiger partial charge >= 0.3 is 0 Å². The van der Waals surface area contributed by atoms with Crippen LogP contribution in [0.2, 0.25) is 0 Å². The minimum absolute atomic E-state index is 0.0600. The first kappa shape index (κ1) is 13.5. The Balaban J connectivity index is 2.45. The molecule has 0 saturated carbocycles. The first-order valence-electron chi connectivity index (χ1n) is 5.73. The van der Waals surface area contributed by atoms with Crippen molar-refractivity contribution in [3.8, 4) is 11.6 Å². The zero-order chi connectivity index (χ0) is 14.0. The summed E-state index contributed by atoms with van der Waals surface area (Å²) in [6.45, 7) is 3.82. The lowest BCUT2D eigenvalue weighted by Gasteiger charge is -2.12. The van der Waals surface area contributed by atoms with Crippen LogP contribution in [0.15, 0.2) is 34.8 Å². The van der Waals surface area contributed by atoms with E-state index in [2.05, 4.69) is 20.9 Å². The summed E-state index contributed by atoms with van der Waals surface area (Å²) in [6.07, 6.45) is 0. The molecule has 1 heterocycles. The molecule has 0 aliphatic heterocycles. The van der Waals surface area contributed by atoms with Crippen LogP contribution < -0.4 is 10.5 Å². The second-order valence-corrected chi connectivity index (χ2v) is 5.15. The number of halogens is 1. The van der Waals surface area contributed by atoms with Gasteiger partial charge in [0, 0.05) is 10.2 Å². The van der Waals surface area contributed by atoms with Gasteiger partial charge in [-0.25, -0.2) is 4.98 Å². The minimum Gasteiger partial charge on any atom is -0.438 e. The van der Waals surface area contributed by atoms with Gasteiger partial charge in [-0.05, 0) is 43.7 Å². The molecular formula is C14H14BrN3O. The van der Waals surface area contributed by atoms with Gasteiger partial charge < -0.3 is 10.5 Å². The molecule has 19 heavy (non-hydrogen) atoms. The van der Waals surface area contributed by atoms with Crippen molar-refractivity contribution in [3.63, 3.8) is 0 Å². The zero-order valence-corrected chi connectivity index (χ0v) is 12.3. The SMILES string of the molecule is Cc1ccc(C(=N)N)c(Oc2cc(Br)ccc2C)n1. The molecule has 2 aromatic rings. The third-order valence-electron chi connectivity index (χ3n) is 2.65. The second kappa shape index (κ2) is 5.40. The Morgan fingerprint density at radius 3 is 2.68 bits per heavy atom. The fourth-order valence-electron chi connectivity index (χ4n) is 1.60. The number of hydrogen-bond donors (Lipinski definition) is 2. The van der Waals surface area contributed by atoms with Crippen molar-refractivity contribution in [2.75, 3.05) is 0 Å². The second-order valence-electron chi connectivity index (χ2n) is 4.23. The molecule has 2 rings (SSSR count). The number of hydrogen-bond acceptors (Lipinski definition) is 3. The van der Waals surface area contributed by atoms with Crippen molar-refractivity contribution in [3.05, 3.63) is 51.6 Å². The molecule has 0 saturated heterocycles. The van der Waals surface area contributed by atoms with Gasteiger partial charge in [-0.15, -0.1) is 0 Å². The largest absolute Gasteiger partial charge is 0.438 e. The van der Waals surface area contributed by atoms with Crippen molar-refractivity contribution in [1.29, 1.82) is 5.41 Å². The van der Waals surface area contributed by atoms with Gasteiger partial charge in [-0.3, -0.25) is 5.41 Å². The molecule has 1 aromatic carbocycles. The predicted octanol–water partition coefficient (Wildman–Crippen LogP) is 3.54. The fourth-order valence-corrected chi connectivity index (χ4v) is 1.94. The predicted molar refractivity (Wildman–Crippen MR) is 78.9 cm³/mol. The van der Waals surface area contributed by atoms with Crippen molar-refractivity contribution in [1.82, 2.24) is 4.98 Å². The van der Waals surface area contributed by atoms with E-state index in [0.29, 0.717) is 17.2 Å². The van der Waals surface area contributed by atoms with E-state index < -0.39 is 0 Å². The van der Waals surface area contributed by atoms with Gasteiger partial charge in [0.15, 0.2) is 0 Å². The molecule has 0 bridgehead atoms. The summed E-state index contributed by atoms with van der Waals surface area (Å²) in [5.74, 6) is 0.985. The Bertz CT molecular complexity index is 641. The van der Waals surface area contributed by atoms with Gasteiger partial charge in [0.2, 0.25) is 5.88 Å². The quantitative estimate of drug-likeness (QED) is 0.671. The van der Waals surface area contributed by atoms with Gasteiger partial charge in [0.05, 0.1) is 5.56 Å². The Hall–Kier alpha value is -1.88. The van der Waals surface area contributed by atoms with Crippen LogP contribution in [0.3, 0.4) is 0 Å². The molecule has 5 heteroatoms. The summed E-state index contributed by atoms with van der Waals surface area (Å²) >= 11 is 3.40. The zero-order valence-electron chi connectivity index (χ0n) is 10.7. The highest BCUT2D eigenvalue weighted by Gasteiger charge is 2.11. The van der Waals surface area contributed by atoms with Gasteiger partial charge in [-0.2, -0.15) is 0 Å². The number of nitrogen functional groups attached to an aromatic ring is 1. The van der Waals surface area contributed by atoms with Crippen LogP contribution in [0.1, 0.15) is 16.8 Å². The van der Waals surface area contributed by atoms with E-state index in [1.54, 1.807) is 12.1 Å². The maximum absolute atomic E-state index is 7.56. The number of nitrogens with zero attached hydrogens (tertiary/aromatic N) is 1. The van der Waals surface area contributed by atoms with E-state index in [1.165, 1.54) is 0 Å². The van der Waals surface area contributed by atoms with Crippen LogP contribution in [0.25, 0.3) is 0 Å². The molecule has 0 radical (unpaired) electrons.